The summed E-state index contributed by atoms with van der Waals surface area (Å²) >= 11 is 0. The summed E-state index contributed by atoms with van der Waals surface area (Å²) in [5.41, 5.74) is 0. The van der Waals surface area contributed by atoms with Crippen molar-refractivity contribution in [1.29, 1.82) is 0 Å². The zero-order chi connectivity index (χ0) is 21.6. The lowest BCUT2D eigenvalue weighted by atomic mass is 10.0. The van der Waals surface area contributed by atoms with E-state index in [1.807, 2.05) is 6.08 Å². The SMILES string of the molecule is C=CCC/C=C/C=C\CCCCCC[C@H]1CC[C@H]([C@@H](O)CC[C@@H]2O[C@H]2C(=O)OC)O1. The molecule has 2 rings (SSSR count). The van der Waals surface area contributed by atoms with Gasteiger partial charge in [-0.1, -0.05) is 49.6 Å². The van der Waals surface area contributed by atoms with E-state index in [1.165, 1.54) is 32.8 Å². The van der Waals surface area contributed by atoms with E-state index < -0.39 is 12.2 Å². The molecule has 0 unspecified atom stereocenters. The Kier molecular flexibility index (Phi) is 12.0. The van der Waals surface area contributed by atoms with Crippen molar-refractivity contribution in [3.63, 3.8) is 0 Å². The first-order valence-electron chi connectivity index (χ1n) is 11.6. The molecule has 0 aromatic heterocycles. The molecule has 30 heavy (non-hydrogen) atoms. The van der Waals surface area contributed by atoms with Crippen LogP contribution in [0.2, 0.25) is 0 Å². The minimum atomic E-state index is -0.477. The van der Waals surface area contributed by atoms with Crippen LogP contribution in [-0.4, -0.2) is 48.7 Å². The standard InChI is InChI=1S/C25H40O5/c1-3-4-5-6-7-8-9-10-11-12-13-14-15-20-16-18-22(29-20)21(26)17-19-23-24(30-23)25(27)28-2/h3,6-9,20-24,26H,1,4-5,10-19H2,2H3/b7-6+,9-8-/t20-,21-,22+,23-,24+/m0/s1. The average Bonchev–Trinajstić information content (AvgIpc) is 3.39. The minimum Gasteiger partial charge on any atom is -0.467 e. The van der Waals surface area contributed by atoms with Gasteiger partial charge in [-0.25, -0.2) is 4.79 Å². The molecule has 5 atom stereocenters. The maximum absolute atomic E-state index is 11.3. The Morgan fingerprint density at radius 1 is 1.07 bits per heavy atom. The summed E-state index contributed by atoms with van der Waals surface area (Å²) in [6.07, 6.45) is 22.3. The first-order chi connectivity index (χ1) is 14.7. The van der Waals surface area contributed by atoms with Crippen LogP contribution < -0.4 is 0 Å². The van der Waals surface area contributed by atoms with Gasteiger partial charge in [0.15, 0.2) is 6.10 Å². The van der Waals surface area contributed by atoms with Gasteiger partial charge in [0, 0.05) is 0 Å². The predicted octanol–water partition coefficient (Wildman–Crippen LogP) is 5.03. The van der Waals surface area contributed by atoms with Crippen LogP contribution in [0.15, 0.2) is 37.0 Å². The van der Waals surface area contributed by atoms with Crippen LogP contribution >= 0.6 is 0 Å². The number of carbonyl (C=O) groups is 1. The summed E-state index contributed by atoms with van der Waals surface area (Å²) in [4.78, 5) is 11.3. The molecule has 0 radical (unpaired) electrons. The zero-order valence-electron chi connectivity index (χ0n) is 18.5. The Labute approximate surface area is 182 Å². The van der Waals surface area contributed by atoms with E-state index in [4.69, 9.17) is 9.47 Å². The molecule has 2 heterocycles. The molecule has 0 bridgehead atoms. The number of aliphatic hydroxyl groups is 1. The average molecular weight is 421 g/mol. The zero-order valence-corrected chi connectivity index (χ0v) is 18.5. The lowest BCUT2D eigenvalue weighted by Crippen LogP contribution is -2.27. The van der Waals surface area contributed by atoms with Gasteiger partial charge in [0.25, 0.3) is 0 Å². The topological polar surface area (TPSA) is 68.3 Å². The Hall–Kier alpha value is -1.43. The normalized spacial score (nSPS) is 27.0. The van der Waals surface area contributed by atoms with Gasteiger partial charge < -0.3 is 19.3 Å². The predicted molar refractivity (Wildman–Crippen MR) is 119 cm³/mol. The van der Waals surface area contributed by atoms with Gasteiger partial charge in [0.2, 0.25) is 0 Å². The highest BCUT2D eigenvalue weighted by Crippen LogP contribution is 2.31. The third kappa shape index (κ3) is 9.59. The molecule has 5 nitrogen and oxygen atoms in total. The lowest BCUT2D eigenvalue weighted by molar-refractivity contribution is -0.142. The van der Waals surface area contributed by atoms with Crippen molar-refractivity contribution < 1.29 is 24.1 Å². The fraction of sp³-hybridized carbons (Fsp3) is 0.720. The number of epoxide rings is 1. The van der Waals surface area contributed by atoms with Gasteiger partial charge >= 0.3 is 5.97 Å². The molecule has 0 saturated carbocycles. The number of allylic oxidation sites excluding steroid dienone is 5. The van der Waals surface area contributed by atoms with E-state index >= 15 is 0 Å². The molecular formula is C25H40O5. The third-order valence-electron chi connectivity index (χ3n) is 5.90. The second-order valence-electron chi connectivity index (χ2n) is 8.35. The molecule has 2 saturated heterocycles. The second-order valence-corrected chi connectivity index (χ2v) is 8.35. The van der Waals surface area contributed by atoms with Gasteiger partial charge in [-0.15, -0.1) is 6.58 Å². The number of hydrogen-bond acceptors (Lipinski definition) is 5. The first-order valence-corrected chi connectivity index (χ1v) is 11.6. The minimum absolute atomic E-state index is 0.0741. The van der Waals surface area contributed by atoms with E-state index in [-0.39, 0.29) is 24.3 Å². The van der Waals surface area contributed by atoms with Crippen LogP contribution in [0.3, 0.4) is 0 Å². The summed E-state index contributed by atoms with van der Waals surface area (Å²) in [7, 11) is 1.37. The van der Waals surface area contributed by atoms with E-state index in [9.17, 15) is 9.90 Å². The number of esters is 1. The molecule has 0 aromatic carbocycles. The summed E-state index contributed by atoms with van der Waals surface area (Å²) in [5.74, 6) is -0.321. The van der Waals surface area contributed by atoms with Gasteiger partial charge in [-0.3, -0.25) is 0 Å². The highest BCUT2D eigenvalue weighted by atomic mass is 16.6. The van der Waals surface area contributed by atoms with Gasteiger partial charge in [-0.05, 0) is 57.8 Å². The molecule has 2 aliphatic heterocycles. The van der Waals surface area contributed by atoms with Crippen molar-refractivity contribution in [2.24, 2.45) is 0 Å². The van der Waals surface area contributed by atoms with Crippen LogP contribution in [0.5, 0.6) is 0 Å². The molecule has 5 heteroatoms. The third-order valence-corrected chi connectivity index (χ3v) is 5.90. The summed E-state index contributed by atoms with van der Waals surface area (Å²) < 4.78 is 16.0. The first kappa shape index (κ1) is 24.8. The number of ether oxygens (including phenoxy) is 3. The quantitative estimate of drug-likeness (QED) is 0.125. The number of rotatable bonds is 16. The molecule has 0 amide bonds. The Morgan fingerprint density at radius 2 is 1.83 bits per heavy atom. The smallest absolute Gasteiger partial charge is 0.337 e. The van der Waals surface area contributed by atoms with Gasteiger partial charge in [-0.2, -0.15) is 0 Å². The maximum Gasteiger partial charge on any atom is 0.337 e. The van der Waals surface area contributed by atoms with Gasteiger partial charge in [0.1, 0.15) is 0 Å². The van der Waals surface area contributed by atoms with Crippen LogP contribution in [0.25, 0.3) is 0 Å². The number of methoxy groups -OCH3 is 1. The molecule has 2 aliphatic rings. The highest BCUT2D eigenvalue weighted by molar-refractivity contribution is 5.77. The Bertz CT molecular complexity index is 556. The molecule has 2 fully saturated rings. The van der Waals surface area contributed by atoms with Crippen LogP contribution in [0.1, 0.15) is 77.0 Å². The fourth-order valence-corrected chi connectivity index (χ4v) is 3.99. The maximum atomic E-state index is 11.3. The largest absolute Gasteiger partial charge is 0.467 e. The highest BCUT2D eigenvalue weighted by Gasteiger charge is 2.46. The van der Waals surface area contributed by atoms with Crippen molar-refractivity contribution in [3.8, 4) is 0 Å². The van der Waals surface area contributed by atoms with E-state index in [2.05, 4.69) is 35.6 Å². The monoisotopic (exact) mass is 420 g/mol. The van der Waals surface area contributed by atoms with E-state index in [0.29, 0.717) is 12.8 Å². The molecular weight excluding hydrogens is 380 g/mol. The van der Waals surface area contributed by atoms with Crippen LogP contribution in [0, 0.1) is 0 Å². The van der Waals surface area contributed by atoms with E-state index in [1.54, 1.807) is 0 Å². The van der Waals surface area contributed by atoms with Gasteiger partial charge in [0.05, 0.1) is 31.5 Å². The molecule has 0 spiro atoms. The number of aliphatic hydroxyl groups excluding tert-OH is 1. The molecule has 0 aliphatic carbocycles. The fourth-order valence-electron chi connectivity index (χ4n) is 3.99. The Balaban J connectivity index is 1.44. The summed E-state index contributed by atoms with van der Waals surface area (Å²) in [5, 5.41) is 10.4. The second kappa shape index (κ2) is 14.6. The summed E-state index contributed by atoms with van der Waals surface area (Å²) in [6, 6.07) is 0. The number of unbranched alkanes of at least 4 members (excludes halogenated alkanes) is 5. The van der Waals surface area contributed by atoms with Crippen molar-refractivity contribution in [1.82, 2.24) is 0 Å². The molecule has 170 valence electrons. The molecule has 0 aromatic rings. The van der Waals surface area contributed by atoms with Crippen molar-refractivity contribution >= 4 is 5.97 Å². The summed E-state index contributed by atoms with van der Waals surface area (Å²) in [6.45, 7) is 3.72. The van der Waals surface area contributed by atoms with Crippen molar-refractivity contribution in [3.05, 3.63) is 37.0 Å². The Morgan fingerprint density at radius 3 is 2.60 bits per heavy atom. The van der Waals surface area contributed by atoms with Crippen molar-refractivity contribution in [2.45, 2.75) is 108 Å². The van der Waals surface area contributed by atoms with E-state index in [0.717, 1.165) is 38.5 Å². The van der Waals surface area contributed by atoms with Crippen LogP contribution in [0.4, 0.5) is 0 Å². The lowest BCUT2D eigenvalue weighted by Gasteiger charge is -2.19. The molecule has 1 N–H and O–H groups in total. The van der Waals surface area contributed by atoms with Crippen molar-refractivity contribution in [2.75, 3.05) is 7.11 Å². The van der Waals surface area contributed by atoms with Crippen LogP contribution in [-0.2, 0) is 19.0 Å². The number of hydrogen-bond donors (Lipinski definition) is 1. The number of carbonyl (C=O) groups excluding carboxylic acids is 1.